The Morgan fingerprint density at radius 2 is 1.77 bits per heavy atom. The van der Waals surface area contributed by atoms with Crippen molar-refractivity contribution >= 4 is 46.4 Å². The molecule has 0 aliphatic carbocycles. The molecule has 0 aromatic heterocycles. The van der Waals surface area contributed by atoms with E-state index in [1.807, 2.05) is 0 Å². The molecule has 2 aromatic carbocycles. The van der Waals surface area contributed by atoms with E-state index in [-0.39, 0.29) is 12.5 Å². The summed E-state index contributed by atoms with van der Waals surface area (Å²) < 4.78 is 0. The van der Waals surface area contributed by atoms with Crippen LogP contribution in [0.2, 0.25) is 10.0 Å². The van der Waals surface area contributed by atoms with Crippen LogP contribution >= 0.6 is 23.2 Å². The van der Waals surface area contributed by atoms with Gasteiger partial charge < -0.3 is 16.4 Å². The minimum atomic E-state index is -0.524. The highest BCUT2D eigenvalue weighted by Crippen LogP contribution is 2.24. The third-order valence-corrected chi connectivity index (χ3v) is 3.54. The molecule has 0 saturated heterocycles. The number of primary amides is 1. The molecular weight excluding hydrogens is 325 g/mol. The number of carbonyl (C=O) groups excluding carboxylic acids is 2. The lowest BCUT2D eigenvalue weighted by Gasteiger charge is -2.09. The Balaban J connectivity index is 1.94. The molecule has 5 nitrogen and oxygen atoms in total. The number of hydrogen-bond acceptors (Lipinski definition) is 3. The Labute approximate surface area is 137 Å². The average Bonchev–Trinajstić information content (AvgIpc) is 2.49. The molecule has 0 heterocycles. The monoisotopic (exact) mass is 337 g/mol. The van der Waals surface area contributed by atoms with Crippen LogP contribution < -0.4 is 16.4 Å². The van der Waals surface area contributed by atoms with E-state index < -0.39 is 5.91 Å². The van der Waals surface area contributed by atoms with Crippen molar-refractivity contribution in [2.45, 2.75) is 0 Å². The maximum Gasteiger partial charge on any atom is 0.248 e. The molecule has 0 spiro atoms. The molecule has 2 rings (SSSR count). The number of amides is 2. The highest BCUT2D eigenvalue weighted by Gasteiger charge is 2.06. The van der Waals surface area contributed by atoms with Gasteiger partial charge in [-0.15, -0.1) is 0 Å². The summed E-state index contributed by atoms with van der Waals surface area (Å²) in [6, 6.07) is 11.4. The fourth-order valence-electron chi connectivity index (χ4n) is 1.74. The molecule has 0 aliphatic rings. The number of rotatable bonds is 5. The quantitative estimate of drug-likeness (QED) is 0.783. The standard InChI is InChI=1S/C15H13Cl2N3O2/c16-12-5-4-11(7-13(12)17)20-14(21)8-19-10-3-1-2-9(6-10)15(18)22/h1-7,19H,8H2,(H2,18,22)(H,20,21). The van der Waals surface area contributed by atoms with E-state index >= 15 is 0 Å². The normalized spacial score (nSPS) is 10.1. The van der Waals surface area contributed by atoms with Crippen molar-refractivity contribution in [1.82, 2.24) is 0 Å². The van der Waals surface area contributed by atoms with E-state index in [1.165, 1.54) is 0 Å². The van der Waals surface area contributed by atoms with Gasteiger partial charge in [0, 0.05) is 16.9 Å². The van der Waals surface area contributed by atoms with Crippen molar-refractivity contribution in [2.24, 2.45) is 5.73 Å². The van der Waals surface area contributed by atoms with Gasteiger partial charge in [-0.25, -0.2) is 0 Å². The van der Waals surface area contributed by atoms with Crippen LogP contribution in [0.15, 0.2) is 42.5 Å². The first-order chi connectivity index (χ1) is 10.5. The van der Waals surface area contributed by atoms with Gasteiger partial charge in [-0.1, -0.05) is 29.3 Å². The molecular formula is C15H13Cl2N3O2. The number of carbonyl (C=O) groups is 2. The number of halogens is 2. The first-order valence-electron chi connectivity index (χ1n) is 6.34. The van der Waals surface area contributed by atoms with Crippen LogP contribution in [0.3, 0.4) is 0 Å². The van der Waals surface area contributed by atoms with Gasteiger partial charge in [0.25, 0.3) is 0 Å². The zero-order valence-corrected chi connectivity index (χ0v) is 12.9. The van der Waals surface area contributed by atoms with Crippen molar-refractivity contribution in [3.05, 3.63) is 58.1 Å². The third kappa shape index (κ3) is 4.38. The molecule has 4 N–H and O–H groups in total. The molecule has 7 heteroatoms. The van der Waals surface area contributed by atoms with Crippen LogP contribution in [-0.2, 0) is 4.79 Å². The van der Waals surface area contributed by atoms with Crippen LogP contribution in [0.4, 0.5) is 11.4 Å². The Hall–Kier alpha value is -2.24. The average molecular weight is 338 g/mol. The lowest BCUT2D eigenvalue weighted by atomic mass is 10.2. The second kappa shape index (κ2) is 7.15. The molecule has 0 atom stereocenters. The second-order valence-electron chi connectivity index (χ2n) is 4.48. The van der Waals surface area contributed by atoms with E-state index in [2.05, 4.69) is 10.6 Å². The number of nitrogens with two attached hydrogens (primary N) is 1. The summed E-state index contributed by atoms with van der Waals surface area (Å²) in [5.74, 6) is -0.785. The third-order valence-electron chi connectivity index (χ3n) is 2.80. The molecule has 22 heavy (non-hydrogen) atoms. The van der Waals surface area contributed by atoms with E-state index in [4.69, 9.17) is 28.9 Å². The van der Waals surface area contributed by atoms with Gasteiger partial charge in [0.15, 0.2) is 0 Å². The predicted molar refractivity (Wildman–Crippen MR) is 88.5 cm³/mol. The second-order valence-corrected chi connectivity index (χ2v) is 5.29. The Morgan fingerprint density at radius 1 is 1.00 bits per heavy atom. The van der Waals surface area contributed by atoms with E-state index in [1.54, 1.807) is 42.5 Å². The van der Waals surface area contributed by atoms with Crippen molar-refractivity contribution in [3.63, 3.8) is 0 Å². The molecule has 0 fully saturated rings. The van der Waals surface area contributed by atoms with Crippen LogP contribution in [0, 0.1) is 0 Å². The lowest BCUT2D eigenvalue weighted by Crippen LogP contribution is -2.22. The summed E-state index contributed by atoms with van der Waals surface area (Å²) in [6.45, 7) is 0.0302. The van der Waals surface area contributed by atoms with Gasteiger partial charge in [-0.2, -0.15) is 0 Å². The predicted octanol–water partition coefficient (Wildman–Crippen LogP) is 3.14. The molecule has 0 saturated carbocycles. The summed E-state index contributed by atoms with van der Waals surface area (Å²) in [5, 5.41) is 6.37. The van der Waals surface area contributed by atoms with Crippen LogP contribution in [0.5, 0.6) is 0 Å². The molecule has 114 valence electrons. The highest BCUT2D eigenvalue weighted by molar-refractivity contribution is 6.42. The number of benzene rings is 2. The molecule has 0 unspecified atom stereocenters. The number of nitrogens with one attached hydrogen (secondary N) is 2. The summed E-state index contributed by atoms with van der Waals surface area (Å²) in [4.78, 5) is 22.9. The molecule has 0 bridgehead atoms. The van der Waals surface area contributed by atoms with Crippen molar-refractivity contribution in [1.29, 1.82) is 0 Å². The Kier molecular flexibility index (Phi) is 5.25. The van der Waals surface area contributed by atoms with Gasteiger partial charge >= 0.3 is 0 Å². The lowest BCUT2D eigenvalue weighted by molar-refractivity contribution is -0.114. The maximum atomic E-state index is 11.9. The smallest absolute Gasteiger partial charge is 0.248 e. The molecule has 2 aromatic rings. The summed E-state index contributed by atoms with van der Waals surface area (Å²) in [7, 11) is 0. The van der Waals surface area contributed by atoms with Gasteiger partial charge in [0.1, 0.15) is 0 Å². The van der Waals surface area contributed by atoms with Crippen molar-refractivity contribution in [2.75, 3.05) is 17.2 Å². The minimum Gasteiger partial charge on any atom is -0.376 e. The van der Waals surface area contributed by atoms with E-state index in [9.17, 15) is 9.59 Å². The molecule has 0 aliphatic heterocycles. The number of hydrogen-bond donors (Lipinski definition) is 3. The van der Waals surface area contributed by atoms with Crippen LogP contribution in [0.25, 0.3) is 0 Å². The van der Waals surface area contributed by atoms with Crippen LogP contribution in [-0.4, -0.2) is 18.4 Å². The van der Waals surface area contributed by atoms with E-state index in [0.717, 1.165) is 0 Å². The fourth-order valence-corrected chi connectivity index (χ4v) is 2.04. The minimum absolute atomic E-state index is 0.0302. The summed E-state index contributed by atoms with van der Waals surface area (Å²) >= 11 is 11.7. The van der Waals surface area contributed by atoms with E-state index in [0.29, 0.717) is 27.0 Å². The first kappa shape index (κ1) is 16.1. The molecule has 2 amide bonds. The van der Waals surface area contributed by atoms with Gasteiger partial charge in [0.2, 0.25) is 11.8 Å². The molecule has 0 radical (unpaired) electrons. The van der Waals surface area contributed by atoms with Crippen molar-refractivity contribution < 1.29 is 9.59 Å². The zero-order chi connectivity index (χ0) is 16.1. The highest BCUT2D eigenvalue weighted by atomic mass is 35.5. The fraction of sp³-hybridized carbons (Fsp3) is 0.0667. The van der Waals surface area contributed by atoms with Gasteiger partial charge in [0.05, 0.1) is 16.6 Å². The summed E-state index contributed by atoms with van der Waals surface area (Å²) in [6.07, 6.45) is 0. The van der Waals surface area contributed by atoms with Gasteiger partial charge in [-0.3, -0.25) is 9.59 Å². The number of anilines is 2. The Bertz CT molecular complexity index is 720. The Morgan fingerprint density at radius 3 is 2.45 bits per heavy atom. The van der Waals surface area contributed by atoms with Crippen LogP contribution in [0.1, 0.15) is 10.4 Å². The maximum absolute atomic E-state index is 11.9. The summed E-state index contributed by atoms with van der Waals surface area (Å²) in [5.41, 5.74) is 6.74. The largest absolute Gasteiger partial charge is 0.376 e. The topological polar surface area (TPSA) is 84.2 Å². The zero-order valence-electron chi connectivity index (χ0n) is 11.4. The SMILES string of the molecule is NC(=O)c1cccc(NCC(=O)Nc2ccc(Cl)c(Cl)c2)c1. The van der Waals surface area contributed by atoms with Gasteiger partial charge in [-0.05, 0) is 36.4 Å². The van der Waals surface area contributed by atoms with Crippen molar-refractivity contribution in [3.8, 4) is 0 Å². The first-order valence-corrected chi connectivity index (χ1v) is 7.10.